The molecule has 0 bridgehead atoms. The van der Waals surface area contributed by atoms with Crippen molar-refractivity contribution in [1.29, 1.82) is 0 Å². The van der Waals surface area contributed by atoms with Crippen LogP contribution in [0.25, 0.3) is 0 Å². The van der Waals surface area contributed by atoms with E-state index < -0.39 is 0 Å². The van der Waals surface area contributed by atoms with E-state index in [9.17, 15) is 9.59 Å². The van der Waals surface area contributed by atoms with Gasteiger partial charge in [0.1, 0.15) is 0 Å². The lowest BCUT2D eigenvalue weighted by molar-refractivity contribution is -0.117. The van der Waals surface area contributed by atoms with E-state index in [2.05, 4.69) is 17.6 Å². The number of amides is 2. The second kappa shape index (κ2) is 8.49. The Labute approximate surface area is 149 Å². The molecule has 24 heavy (non-hydrogen) atoms. The van der Waals surface area contributed by atoms with Crippen LogP contribution < -0.4 is 10.6 Å². The molecule has 2 aliphatic rings. The molecule has 0 aromatic heterocycles. The normalized spacial score (nSPS) is 19.5. The zero-order valence-electron chi connectivity index (χ0n) is 14.1. The first-order valence-corrected chi connectivity index (χ1v) is 8.61. The Bertz CT molecular complexity index is 583. The molecule has 2 amide bonds. The monoisotopic (exact) mass is 351 g/mol. The summed E-state index contributed by atoms with van der Waals surface area (Å²) in [6.45, 7) is 4.69. The van der Waals surface area contributed by atoms with E-state index in [-0.39, 0.29) is 36.2 Å². The number of hydrogen-bond donors (Lipinski definition) is 2. The molecule has 1 aliphatic carbocycles. The van der Waals surface area contributed by atoms with Crippen molar-refractivity contribution in [3.05, 3.63) is 29.8 Å². The molecule has 1 atom stereocenters. The van der Waals surface area contributed by atoms with Gasteiger partial charge in [-0.15, -0.1) is 12.4 Å². The molecule has 3 rings (SSSR count). The molecule has 6 heteroatoms. The van der Waals surface area contributed by atoms with Crippen molar-refractivity contribution in [2.45, 2.75) is 38.6 Å². The number of carbonyl (C=O) groups is 2. The minimum atomic E-state index is 0. The summed E-state index contributed by atoms with van der Waals surface area (Å²) in [5.74, 6) is 0.290. The van der Waals surface area contributed by atoms with E-state index in [4.69, 9.17) is 0 Å². The highest BCUT2D eigenvalue weighted by molar-refractivity contribution is 5.98. The highest BCUT2D eigenvalue weighted by Crippen LogP contribution is 2.30. The smallest absolute Gasteiger partial charge is 0.254 e. The standard InChI is InChI=1S/C18H25N3O2.ClH/c1-2-10-21(16-8-9-19-12-16)18(23)14-4-3-5-15(11-14)20-17(22)13-6-7-13;/h3-5,11,13,16,19H,2,6-10,12H2,1H3,(H,20,22);1H. The van der Waals surface area contributed by atoms with Gasteiger partial charge in [-0.05, 0) is 50.4 Å². The van der Waals surface area contributed by atoms with Gasteiger partial charge in [-0.3, -0.25) is 9.59 Å². The lowest BCUT2D eigenvalue weighted by Crippen LogP contribution is -2.42. The van der Waals surface area contributed by atoms with Gasteiger partial charge in [-0.25, -0.2) is 0 Å². The summed E-state index contributed by atoms with van der Waals surface area (Å²) in [7, 11) is 0. The maximum absolute atomic E-state index is 12.9. The molecular formula is C18H26ClN3O2. The Morgan fingerprint density at radius 3 is 2.71 bits per heavy atom. The minimum Gasteiger partial charge on any atom is -0.334 e. The SMILES string of the molecule is CCCN(C(=O)c1cccc(NC(=O)C2CC2)c1)C1CCNC1.Cl. The number of anilines is 1. The van der Waals surface area contributed by atoms with Crippen LogP contribution in [0, 0.1) is 5.92 Å². The molecule has 1 heterocycles. The lowest BCUT2D eigenvalue weighted by Gasteiger charge is -2.28. The van der Waals surface area contributed by atoms with Crippen LogP contribution in [0.4, 0.5) is 5.69 Å². The molecule has 2 N–H and O–H groups in total. The largest absolute Gasteiger partial charge is 0.334 e. The van der Waals surface area contributed by atoms with Crippen LogP contribution in [0.15, 0.2) is 24.3 Å². The number of rotatable bonds is 6. The van der Waals surface area contributed by atoms with Gasteiger partial charge in [-0.1, -0.05) is 13.0 Å². The van der Waals surface area contributed by atoms with Crippen LogP contribution >= 0.6 is 12.4 Å². The zero-order chi connectivity index (χ0) is 16.2. The van der Waals surface area contributed by atoms with Crippen LogP contribution in [0.1, 0.15) is 43.0 Å². The molecule has 1 aromatic carbocycles. The molecule has 132 valence electrons. The average molecular weight is 352 g/mol. The maximum Gasteiger partial charge on any atom is 0.254 e. The molecule has 0 spiro atoms. The summed E-state index contributed by atoms with van der Waals surface area (Å²) in [5, 5.41) is 6.24. The lowest BCUT2D eigenvalue weighted by atomic mass is 10.1. The second-order valence-electron chi connectivity index (χ2n) is 6.49. The molecule has 1 saturated heterocycles. The van der Waals surface area contributed by atoms with E-state index in [0.29, 0.717) is 11.3 Å². The van der Waals surface area contributed by atoms with Crippen LogP contribution in [-0.4, -0.2) is 42.4 Å². The number of hydrogen-bond acceptors (Lipinski definition) is 3. The first kappa shape index (κ1) is 18.7. The predicted molar refractivity (Wildman–Crippen MR) is 97.6 cm³/mol. The van der Waals surface area contributed by atoms with Gasteiger partial charge >= 0.3 is 0 Å². The van der Waals surface area contributed by atoms with Crippen molar-refractivity contribution in [3.8, 4) is 0 Å². The van der Waals surface area contributed by atoms with Crippen molar-refractivity contribution in [2.75, 3.05) is 25.0 Å². The number of carbonyl (C=O) groups excluding carboxylic acids is 2. The van der Waals surface area contributed by atoms with Crippen molar-refractivity contribution < 1.29 is 9.59 Å². The average Bonchev–Trinajstić information content (AvgIpc) is 3.28. The Balaban J connectivity index is 0.00000208. The van der Waals surface area contributed by atoms with Crippen molar-refractivity contribution in [3.63, 3.8) is 0 Å². The molecule has 1 unspecified atom stereocenters. The minimum absolute atomic E-state index is 0. The molecular weight excluding hydrogens is 326 g/mol. The molecule has 2 fully saturated rings. The summed E-state index contributed by atoms with van der Waals surface area (Å²) >= 11 is 0. The van der Waals surface area contributed by atoms with Gasteiger partial charge in [0.25, 0.3) is 5.91 Å². The third-order valence-electron chi connectivity index (χ3n) is 4.53. The fourth-order valence-corrected chi connectivity index (χ4v) is 3.08. The van der Waals surface area contributed by atoms with E-state index >= 15 is 0 Å². The number of nitrogens with zero attached hydrogens (tertiary/aromatic N) is 1. The fraction of sp³-hybridized carbons (Fsp3) is 0.556. The number of halogens is 1. The number of benzene rings is 1. The quantitative estimate of drug-likeness (QED) is 0.828. The first-order valence-electron chi connectivity index (χ1n) is 8.61. The Morgan fingerprint density at radius 2 is 2.08 bits per heavy atom. The van der Waals surface area contributed by atoms with Gasteiger partial charge in [0, 0.05) is 36.3 Å². The summed E-state index contributed by atoms with van der Waals surface area (Å²) in [4.78, 5) is 26.8. The highest BCUT2D eigenvalue weighted by atomic mass is 35.5. The molecule has 1 saturated carbocycles. The summed E-state index contributed by atoms with van der Waals surface area (Å²) in [6, 6.07) is 7.59. The second-order valence-corrected chi connectivity index (χ2v) is 6.49. The predicted octanol–water partition coefficient (Wildman–Crippen LogP) is 2.67. The van der Waals surface area contributed by atoms with Crippen LogP contribution in [-0.2, 0) is 4.79 Å². The molecule has 0 radical (unpaired) electrons. The van der Waals surface area contributed by atoms with Crippen molar-refractivity contribution >= 4 is 29.9 Å². The van der Waals surface area contributed by atoms with Gasteiger partial charge < -0.3 is 15.5 Å². The molecule has 5 nitrogen and oxygen atoms in total. The highest BCUT2D eigenvalue weighted by Gasteiger charge is 2.30. The van der Waals surface area contributed by atoms with Crippen LogP contribution in [0.3, 0.4) is 0 Å². The van der Waals surface area contributed by atoms with Crippen LogP contribution in [0.2, 0.25) is 0 Å². The molecule has 1 aromatic rings. The summed E-state index contributed by atoms with van der Waals surface area (Å²) in [6.07, 6.45) is 3.90. The van der Waals surface area contributed by atoms with Gasteiger partial charge in [0.2, 0.25) is 5.91 Å². The van der Waals surface area contributed by atoms with E-state index in [1.54, 1.807) is 6.07 Å². The third-order valence-corrected chi connectivity index (χ3v) is 4.53. The van der Waals surface area contributed by atoms with E-state index in [1.165, 1.54) is 0 Å². The summed E-state index contributed by atoms with van der Waals surface area (Å²) < 4.78 is 0. The van der Waals surface area contributed by atoms with E-state index in [1.807, 2.05) is 23.1 Å². The van der Waals surface area contributed by atoms with Crippen molar-refractivity contribution in [2.24, 2.45) is 5.92 Å². The fourth-order valence-electron chi connectivity index (χ4n) is 3.08. The number of nitrogens with one attached hydrogen (secondary N) is 2. The van der Waals surface area contributed by atoms with Crippen LogP contribution in [0.5, 0.6) is 0 Å². The van der Waals surface area contributed by atoms with E-state index in [0.717, 1.165) is 45.3 Å². The Hall–Kier alpha value is -1.59. The first-order chi connectivity index (χ1) is 11.2. The molecule has 1 aliphatic heterocycles. The Morgan fingerprint density at radius 1 is 1.29 bits per heavy atom. The topological polar surface area (TPSA) is 61.4 Å². The summed E-state index contributed by atoms with van der Waals surface area (Å²) in [5.41, 5.74) is 1.37. The Kier molecular flexibility index (Phi) is 6.63. The maximum atomic E-state index is 12.9. The van der Waals surface area contributed by atoms with Gasteiger partial charge in [-0.2, -0.15) is 0 Å². The van der Waals surface area contributed by atoms with Gasteiger partial charge in [0.05, 0.1) is 0 Å². The van der Waals surface area contributed by atoms with Crippen molar-refractivity contribution in [1.82, 2.24) is 10.2 Å². The van der Waals surface area contributed by atoms with Gasteiger partial charge in [0.15, 0.2) is 0 Å². The third kappa shape index (κ3) is 4.48. The zero-order valence-corrected chi connectivity index (χ0v) is 14.9.